The van der Waals surface area contributed by atoms with Gasteiger partial charge in [0.15, 0.2) is 11.6 Å². The second-order valence-electron chi connectivity index (χ2n) is 4.39. The van der Waals surface area contributed by atoms with E-state index in [0.29, 0.717) is 12.1 Å². The molecule has 0 spiro atoms. The van der Waals surface area contributed by atoms with Crippen LogP contribution in [0.25, 0.3) is 0 Å². The van der Waals surface area contributed by atoms with Crippen LogP contribution in [-0.4, -0.2) is 6.54 Å². The number of hydrogen-bond donors (Lipinski definition) is 1. The van der Waals surface area contributed by atoms with Crippen molar-refractivity contribution >= 4 is 0 Å². The molecule has 0 saturated heterocycles. The van der Waals surface area contributed by atoms with Gasteiger partial charge in [0.2, 0.25) is 0 Å². The third kappa shape index (κ3) is 3.37. The molecule has 0 unspecified atom stereocenters. The quantitative estimate of drug-likeness (QED) is 0.610. The van der Waals surface area contributed by atoms with E-state index < -0.39 is 11.6 Å². The summed E-state index contributed by atoms with van der Waals surface area (Å²) in [6.07, 6.45) is 6.93. The highest BCUT2D eigenvalue weighted by Gasteiger charge is 2.07. The Hall–Kier alpha value is -1.22. The van der Waals surface area contributed by atoms with Crippen molar-refractivity contribution in [2.24, 2.45) is 0 Å². The zero-order valence-electron chi connectivity index (χ0n) is 9.81. The largest absolute Gasteiger partial charge is 0.312 e. The van der Waals surface area contributed by atoms with E-state index in [9.17, 15) is 8.78 Å². The molecule has 0 aromatic heterocycles. The summed E-state index contributed by atoms with van der Waals surface area (Å²) in [6, 6.07) is 4.29. The van der Waals surface area contributed by atoms with Gasteiger partial charge in [-0.3, -0.25) is 0 Å². The monoisotopic (exact) mass is 237 g/mol. The SMILES string of the molecule is Fc1cccc(CNCCC2=CCCC2)c1F. The summed E-state index contributed by atoms with van der Waals surface area (Å²) in [5, 5.41) is 3.15. The van der Waals surface area contributed by atoms with Crippen LogP contribution in [0.15, 0.2) is 29.8 Å². The van der Waals surface area contributed by atoms with Gasteiger partial charge in [-0.15, -0.1) is 0 Å². The highest BCUT2D eigenvalue weighted by Crippen LogP contribution is 2.19. The van der Waals surface area contributed by atoms with Gasteiger partial charge in [-0.05, 0) is 38.3 Å². The van der Waals surface area contributed by atoms with E-state index in [2.05, 4.69) is 11.4 Å². The van der Waals surface area contributed by atoms with Gasteiger partial charge >= 0.3 is 0 Å². The first-order valence-corrected chi connectivity index (χ1v) is 6.09. The molecule has 1 aromatic carbocycles. The van der Waals surface area contributed by atoms with Crippen LogP contribution in [0.2, 0.25) is 0 Å². The molecule has 0 amide bonds. The minimum Gasteiger partial charge on any atom is -0.312 e. The summed E-state index contributed by atoms with van der Waals surface area (Å²) in [7, 11) is 0. The van der Waals surface area contributed by atoms with Gasteiger partial charge in [-0.1, -0.05) is 23.8 Å². The zero-order valence-corrected chi connectivity index (χ0v) is 9.81. The minimum absolute atomic E-state index is 0.386. The Kier molecular flexibility index (Phi) is 4.26. The van der Waals surface area contributed by atoms with E-state index in [1.807, 2.05) is 0 Å². The molecular formula is C14H17F2N. The number of benzene rings is 1. The van der Waals surface area contributed by atoms with Crippen LogP contribution in [0.1, 0.15) is 31.2 Å². The molecular weight excluding hydrogens is 220 g/mol. The molecule has 1 N–H and O–H groups in total. The molecule has 3 heteroatoms. The van der Waals surface area contributed by atoms with Crippen LogP contribution >= 0.6 is 0 Å². The van der Waals surface area contributed by atoms with Gasteiger partial charge < -0.3 is 5.32 Å². The van der Waals surface area contributed by atoms with E-state index in [1.54, 1.807) is 6.07 Å². The molecule has 0 atom stereocenters. The van der Waals surface area contributed by atoms with Gasteiger partial charge in [0.05, 0.1) is 0 Å². The van der Waals surface area contributed by atoms with Crippen LogP contribution in [-0.2, 0) is 6.54 Å². The molecule has 0 heterocycles. The minimum atomic E-state index is -0.775. The van der Waals surface area contributed by atoms with Crippen LogP contribution in [0.5, 0.6) is 0 Å². The predicted molar refractivity (Wildman–Crippen MR) is 64.6 cm³/mol. The van der Waals surface area contributed by atoms with Crippen molar-refractivity contribution in [1.82, 2.24) is 5.32 Å². The lowest BCUT2D eigenvalue weighted by molar-refractivity contribution is 0.493. The van der Waals surface area contributed by atoms with Gasteiger partial charge in [0.1, 0.15) is 0 Å². The van der Waals surface area contributed by atoms with Crippen molar-refractivity contribution in [2.45, 2.75) is 32.2 Å². The molecule has 0 saturated carbocycles. The van der Waals surface area contributed by atoms with Crippen molar-refractivity contribution in [3.63, 3.8) is 0 Å². The average Bonchev–Trinajstić information content (AvgIpc) is 2.83. The number of hydrogen-bond acceptors (Lipinski definition) is 1. The van der Waals surface area contributed by atoms with Crippen LogP contribution < -0.4 is 5.32 Å². The first-order chi connectivity index (χ1) is 8.27. The predicted octanol–water partition coefficient (Wildman–Crippen LogP) is 3.55. The third-order valence-corrected chi connectivity index (χ3v) is 3.10. The lowest BCUT2D eigenvalue weighted by Crippen LogP contribution is -2.16. The molecule has 1 aliphatic rings. The molecule has 1 aliphatic carbocycles. The van der Waals surface area contributed by atoms with Crippen LogP contribution in [0.4, 0.5) is 8.78 Å². The van der Waals surface area contributed by atoms with Crippen molar-refractivity contribution in [3.05, 3.63) is 47.0 Å². The van der Waals surface area contributed by atoms with E-state index >= 15 is 0 Å². The van der Waals surface area contributed by atoms with Gasteiger partial charge in [-0.2, -0.15) is 0 Å². The Morgan fingerprint density at radius 3 is 2.88 bits per heavy atom. The Morgan fingerprint density at radius 2 is 2.12 bits per heavy atom. The molecule has 2 rings (SSSR count). The van der Waals surface area contributed by atoms with Crippen molar-refractivity contribution in [2.75, 3.05) is 6.54 Å². The van der Waals surface area contributed by atoms with Crippen molar-refractivity contribution < 1.29 is 8.78 Å². The van der Waals surface area contributed by atoms with E-state index in [1.165, 1.54) is 30.9 Å². The fourth-order valence-corrected chi connectivity index (χ4v) is 2.12. The normalized spacial score (nSPS) is 15.1. The van der Waals surface area contributed by atoms with Crippen molar-refractivity contribution in [3.8, 4) is 0 Å². The first kappa shape index (κ1) is 12.2. The zero-order chi connectivity index (χ0) is 12.1. The summed E-state index contributed by atoms with van der Waals surface area (Å²) < 4.78 is 26.2. The standard InChI is InChI=1S/C14H17F2N/c15-13-7-3-6-12(14(13)16)10-17-9-8-11-4-1-2-5-11/h3-4,6-7,17H,1-2,5,8-10H2. The number of rotatable bonds is 5. The number of halogens is 2. The fourth-order valence-electron chi connectivity index (χ4n) is 2.12. The molecule has 17 heavy (non-hydrogen) atoms. The van der Waals surface area contributed by atoms with E-state index in [-0.39, 0.29) is 0 Å². The van der Waals surface area contributed by atoms with Crippen LogP contribution in [0.3, 0.4) is 0 Å². The second-order valence-corrected chi connectivity index (χ2v) is 4.39. The summed E-state index contributed by atoms with van der Waals surface area (Å²) >= 11 is 0. The highest BCUT2D eigenvalue weighted by atomic mass is 19.2. The van der Waals surface area contributed by atoms with E-state index in [0.717, 1.165) is 19.0 Å². The van der Waals surface area contributed by atoms with Gasteiger partial charge in [0.25, 0.3) is 0 Å². The molecule has 1 nitrogen and oxygen atoms in total. The molecule has 0 radical (unpaired) electrons. The molecule has 1 aromatic rings. The Morgan fingerprint density at radius 1 is 1.24 bits per heavy atom. The first-order valence-electron chi connectivity index (χ1n) is 6.09. The Bertz CT molecular complexity index is 413. The maximum absolute atomic E-state index is 13.3. The van der Waals surface area contributed by atoms with E-state index in [4.69, 9.17) is 0 Å². The average molecular weight is 237 g/mol. The number of allylic oxidation sites excluding steroid dienone is 1. The second kappa shape index (κ2) is 5.92. The highest BCUT2D eigenvalue weighted by molar-refractivity contribution is 5.18. The molecule has 0 fully saturated rings. The third-order valence-electron chi connectivity index (χ3n) is 3.10. The molecule has 92 valence electrons. The van der Waals surface area contributed by atoms with Gasteiger partial charge in [-0.25, -0.2) is 8.78 Å². The molecule has 0 aliphatic heterocycles. The lowest BCUT2D eigenvalue weighted by atomic mass is 10.1. The summed E-state index contributed by atoms with van der Waals surface area (Å²) in [5.74, 6) is -1.51. The Balaban J connectivity index is 1.76. The Labute approximate surface area is 101 Å². The number of nitrogens with one attached hydrogen (secondary N) is 1. The topological polar surface area (TPSA) is 12.0 Å². The smallest absolute Gasteiger partial charge is 0.163 e. The maximum atomic E-state index is 13.3. The summed E-state index contributed by atoms with van der Waals surface area (Å²) in [5.41, 5.74) is 1.88. The van der Waals surface area contributed by atoms with Crippen LogP contribution in [0, 0.1) is 11.6 Å². The van der Waals surface area contributed by atoms with Crippen molar-refractivity contribution in [1.29, 1.82) is 0 Å². The molecule has 0 bridgehead atoms. The fraction of sp³-hybridized carbons (Fsp3) is 0.429. The summed E-state index contributed by atoms with van der Waals surface area (Å²) in [6.45, 7) is 1.21. The maximum Gasteiger partial charge on any atom is 0.163 e. The lowest BCUT2D eigenvalue weighted by Gasteiger charge is -2.07. The summed E-state index contributed by atoms with van der Waals surface area (Å²) in [4.78, 5) is 0. The van der Waals surface area contributed by atoms with Gasteiger partial charge in [0, 0.05) is 12.1 Å².